The molecule has 20 heavy (non-hydrogen) atoms. The molecule has 0 aliphatic rings. The molecule has 0 radical (unpaired) electrons. The fourth-order valence-corrected chi connectivity index (χ4v) is 2.64. The highest BCUT2D eigenvalue weighted by Gasteiger charge is 2.14. The van der Waals surface area contributed by atoms with Crippen LogP contribution < -0.4 is 5.32 Å². The average molecular weight is 340 g/mol. The number of hydrogen-bond donors (Lipinski definition) is 1. The molecule has 2 aromatic carbocycles. The summed E-state index contributed by atoms with van der Waals surface area (Å²) in [5, 5.41) is 2.91. The number of halogens is 3. The Balaban J connectivity index is 2.30. The number of benzene rings is 2. The summed E-state index contributed by atoms with van der Waals surface area (Å²) in [5.74, 6) is -1.21. The molecule has 1 nitrogen and oxygen atoms in total. The van der Waals surface area contributed by atoms with E-state index in [2.05, 4.69) is 27.3 Å². The molecule has 2 rings (SSSR count). The molecule has 4 heteroatoms. The van der Waals surface area contributed by atoms with Crippen molar-refractivity contribution in [1.82, 2.24) is 0 Å². The number of hydrogen-bond acceptors (Lipinski definition) is 1. The Kier molecular flexibility index (Phi) is 4.43. The van der Waals surface area contributed by atoms with Gasteiger partial charge in [-0.05, 0) is 38.5 Å². The Bertz CT molecular complexity index is 597. The van der Waals surface area contributed by atoms with Gasteiger partial charge in [0.25, 0.3) is 0 Å². The van der Waals surface area contributed by atoms with Crippen molar-refractivity contribution < 1.29 is 8.78 Å². The molecule has 2 aromatic rings. The first kappa shape index (κ1) is 15.0. The average Bonchev–Trinajstić information content (AvgIpc) is 2.32. The molecule has 0 saturated heterocycles. The van der Waals surface area contributed by atoms with Gasteiger partial charge >= 0.3 is 0 Å². The van der Waals surface area contributed by atoms with E-state index in [1.807, 2.05) is 32.9 Å². The SMILES string of the molecule is Cc1cc(C)cc(C(C)Nc2c(F)cc(Br)cc2F)c1. The number of anilines is 1. The van der Waals surface area contributed by atoms with E-state index in [0.717, 1.165) is 16.7 Å². The first-order chi connectivity index (χ1) is 9.36. The van der Waals surface area contributed by atoms with Crippen LogP contribution in [0.1, 0.15) is 29.7 Å². The van der Waals surface area contributed by atoms with E-state index >= 15 is 0 Å². The van der Waals surface area contributed by atoms with Crippen molar-refractivity contribution in [3.8, 4) is 0 Å². The van der Waals surface area contributed by atoms with E-state index in [1.54, 1.807) is 0 Å². The monoisotopic (exact) mass is 339 g/mol. The van der Waals surface area contributed by atoms with Crippen molar-refractivity contribution in [2.45, 2.75) is 26.8 Å². The Morgan fingerprint density at radius 2 is 1.45 bits per heavy atom. The van der Waals surface area contributed by atoms with Gasteiger partial charge in [0, 0.05) is 10.5 Å². The Morgan fingerprint density at radius 1 is 0.950 bits per heavy atom. The van der Waals surface area contributed by atoms with Crippen molar-refractivity contribution in [1.29, 1.82) is 0 Å². The standard InChI is InChI=1S/C16H16BrF2N/c1-9-4-10(2)6-12(5-9)11(3)20-16-14(18)7-13(17)8-15(16)19/h4-8,11,20H,1-3H3. The summed E-state index contributed by atoms with van der Waals surface area (Å²) in [6, 6.07) is 8.41. The maximum atomic E-state index is 13.8. The summed E-state index contributed by atoms with van der Waals surface area (Å²) in [5.41, 5.74) is 3.17. The molecule has 0 fully saturated rings. The maximum Gasteiger partial charge on any atom is 0.150 e. The van der Waals surface area contributed by atoms with Crippen LogP contribution in [0.15, 0.2) is 34.8 Å². The van der Waals surface area contributed by atoms with Crippen LogP contribution in [0.5, 0.6) is 0 Å². The molecule has 0 spiro atoms. The maximum absolute atomic E-state index is 13.8. The summed E-state index contributed by atoms with van der Waals surface area (Å²) in [6.45, 7) is 5.89. The van der Waals surface area contributed by atoms with Gasteiger partial charge in [0.2, 0.25) is 0 Å². The van der Waals surface area contributed by atoms with Crippen molar-refractivity contribution in [2.75, 3.05) is 5.32 Å². The summed E-state index contributed by atoms with van der Waals surface area (Å²) >= 11 is 3.07. The second-order valence-electron chi connectivity index (χ2n) is 5.03. The van der Waals surface area contributed by atoms with Gasteiger partial charge in [0.15, 0.2) is 0 Å². The number of nitrogens with one attached hydrogen (secondary N) is 1. The molecular formula is C16H16BrF2N. The lowest BCUT2D eigenvalue weighted by Crippen LogP contribution is -2.10. The zero-order valence-corrected chi connectivity index (χ0v) is 13.2. The first-order valence-corrected chi connectivity index (χ1v) is 7.15. The zero-order valence-electron chi connectivity index (χ0n) is 11.6. The predicted molar refractivity (Wildman–Crippen MR) is 82.0 cm³/mol. The third kappa shape index (κ3) is 3.37. The smallest absolute Gasteiger partial charge is 0.150 e. The summed E-state index contributed by atoms with van der Waals surface area (Å²) in [4.78, 5) is 0. The Morgan fingerprint density at radius 3 is 1.95 bits per heavy atom. The second kappa shape index (κ2) is 5.92. The normalized spacial score (nSPS) is 12.3. The molecular weight excluding hydrogens is 324 g/mol. The molecule has 106 valence electrons. The van der Waals surface area contributed by atoms with Crippen LogP contribution in [0, 0.1) is 25.5 Å². The van der Waals surface area contributed by atoms with E-state index in [4.69, 9.17) is 0 Å². The lowest BCUT2D eigenvalue weighted by atomic mass is 10.0. The zero-order chi connectivity index (χ0) is 14.9. The van der Waals surface area contributed by atoms with Gasteiger partial charge in [-0.2, -0.15) is 0 Å². The predicted octanol–water partition coefficient (Wildman–Crippen LogP) is 5.52. The van der Waals surface area contributed by atoms with E-state index in [1.165, 1.54) is 12.1 Å². The molecule has 1 N–H and O–H groups in total. The highest BCUT2D eigenvalue weighted by Crippen LogP contribution is 2.28. The van der Waals surface area contributed by atoms with E-state index in [-0.39, 0.29) is 11.7 Å². The molecule has 0 aliphatic heterocycles. The fourth-order valence-electron chi connectivity index (χ4n) is 2.24. The molecule has 0 aromatic heterocycles. The molecule has 0 heterocycles. The van der Waals surface area contributed by atoms with Crippen LogP contribution in [-0.2, 0) is 0 Å². The summed E-state index contributed by atoms with van der Waals surface area (Å²) < 4.78 is 28.0. The molecule has 0 amide bonds. The van der Waals surface area contributed by atoms with E-state index in [0.29, 0.717) is 4.47 Å². The largest absolute Gasteiger partial charge is 0.374 e. The summed E-state index contributed by atoms with van der Waals surface area (Å²) in [7, 11) is 0. The third-order valence-electron chi connectivity index (χ3n) is 3.11. The molecule has 0 saturated carbocycles. The van der Waals surface area contributed by atoms with E-state index < -0.39 is 11.6 Å². The van der Waals surface area contributed by atoms with Crippen molar-refractivity contribution in [2.24, 2.45) is 0 Å². The minimum Gasteiger partial charge on any atom is -0.374 e. The lowest BCUT2D eigenvalue weighted by molar-refractivity contribution is 0.583. The molecule has 1 unspecified atom stereocenters. The Hall–Kier alpha value is -1.42. The second-order valence-corrected chi connectivity index (χ2v) is 5.95. The molecule has 1 atom stereocenters. The van der Waals surface area contributed by atoms with Crippen molar-refractivity contribution >= 4 is 21.6 Å². The molecule has 0 aliphatic carbocycles. The minimum atomic E-state index is -0.604. The van der Waals surface area contributed by atoms with Gasteiger partial charge in [-0.1, -0.05) is 45.3 Å². The van der Waals surface area contributed by atoms with Crippen LogP contribution in [0.4, 0.5) is 14.5 Å². The first-order valence-electron chi connectivity index (χ1n) is 6.36. The van der Waals surface area contributed by atoms with Crippen LogP contribution >= 0.6 is 15.9 Å². The third-order valence-corrected chi connectivity index (χ3v) is 3.57. The highest BCUT2D eigenvalue weighted by atomic mass is 79.9. The fraction of sp³-hybridized carbons (Fsp3) is 0.250. The van der Waals surface area contributed by atoms with Crippen LogP contribution in [0.2, 0.25) is 0 Å². The van der Waals surface area contributed by atoms with Gasteiger partial charge < -0.3 is 5.32 Å². The van der Waals surface area contributed by atoms with Gasteiger partial charge in [-0.25, -0.2) is 8.78 Å². The van der Waals surface area contributed by atoms with Crippen LogP contribution in [0.3, 0.4) is 0 Å². The van der Waals surface area contributed by atoms with Gasteiger partial charge in [-0.3, -0.25) is 0 Å². The van der Waals surface area contributed by atoms with Gasteiger partial charge in [0.1, 0.15) is 17.3 Å². The number of aryl methyl sites for hydroxylation is 2. The number of rotatable bonds is 3. The van der Waals surface area contributed by atoms with Gasteiger partial charge in [0.05, 0.1) is 0 Å². The minimum absolute atomic E-state index is 0.0974. The topological polar surface area (TPSA) is 12.0 Å². The van der Waals surface area contributed by atoms with E-state index in [9.17, 15) is 8.78 Å². The van der Waals surface area contributed by atoms with Crippen LogP contribution in [-0.4, -0.2) is 0 Å². The lowest BCUT2D eigenvalue weighted by Gasteiger charge is -2.18. The van der Waals surface area contributed by atoms with Crippen molar-refractivity contribution in [3.05, 3.63) is 63.1 Å². The van der Waals surface area contributed by atoms with Gasteiger partial charge in [-0.15, -0.1) is 0 Å². The van der Waals surface area contributed by atoms with Crippen LogP contribution in [0.25, 0.3) is 0 Å². The summed E-state index contributed by atoms with van der Waals surface area (Å²) in [6.07, 6.45) is 0. The highest BCUT2D eigenvalue weighted by molar-refractivity contribution is 9.10. The van der Waals surface area contributed by atoms with Crippen molar-refractivity contribution in [3.63, 3.8) is 0 Å². The molecule has 0 bridgehead atoms. The Labute approximate surface area is 126 Å². The quantitative estimate of drug-likeness (QED) is 0.776.